The van der Waals surface area contributed by atoms with Gasteiger partial charge in [0.15, 0.2) is 5.11 Å². The predicted octanol–water partition coefficient (Wildman–Crippen LogP) is 3.81. The molecule has 1 aromatic carbocycles. The monoisotopic (exact) mass is 328 g/mol. The highest BCUT2D eigenvalue weighted by molar-refractivity contribution is 7.80. The predicted molar refractivity (Wildman–Crippen MR) is 98.8 cm³/mol. The Labute approximate surface area is 143 Å². The summed E-state index contributed by atoms with van der Waals surface area (Å²) in [5, 5.41) is 8.60. The van der Waals surface area contributed by atoms with Crippen molar-refractivity contribution in [2.75, 3.05) is 18.4 Å². The first-order valence-electron chi connectivity index (χ1n) is 8.35. The summed E-state index contributed by atoms with van der Waals surface area (Å²) in [4.78, 5) is 2.28. The van der Waals surface area contributed by atoms with Crippen molar-refractivity contribution in [3.63, 3.8) is 0 Å². The molecule has 1 aromatic heterocycles. The quantitative estimate of drug-likeness (QED) is 0.869. The molecule has 122 valence electrons. The summed E-state index contributed by atoms with van der Waals surface area (Å²) in [7, 11) is 0. The fourth-order valence-electron chi connectivity index (χ4n) is 2.95. The normalized spacial score (nSPS) is 15.3. The van der Waals surface area contributed by atoms with Crippen LogP contribution in [0.1, 0.15) is 36.8 Å². The van der Waals surface area contributed by atoms with Gasteiger partial charge in [-0.25, -0.2) is 0 Å². The first kappa shape index (κ1) is 16.0. The minimum absolute atomic E-state index is 0.783. The molecule has 0 bridgehead atoms. The maximum Gasteiger partial charge on any atom is 0.173 e. The van der Waals surface area contributed by atoms with Gasteiger partial charge < -0.3 is 10.2 Å². The van der Waals surface area contributed by atoms with E-state index in [-0.39, 0.29) is 0 Å². The number of thiocarbonyl (C=S) groups is 1. The van der Waals surface area contributed by atoms with Gasteiger partial charge in [-0.3, -0.25) is 4.68 Å². The summed E-state index contributed by atoms with van der Waals surface area (Å²) < 4.78 is 1.95. The van der Waals surface area contributed by atoms with Crippen LogP contribution in [0.15, 0.2) is 36.7 Å². The summed E-state index contributed by atoms with van der Waals surface area (Å²) >= 11 is 5.55. The molecular formula is C18H24N4S. The summed E-state index contributed by atoms with van der Waals surface area (Å²) in [6.07, 6.45) is 8.96. The van der Waals surface area contributed by atoms with Gasteiger partial charge in [0.25, 0.3) is 0 Å². The van der Waals surface area contributed by atoms with Crippen molar-refractivity contribution in [2.24, 2.45) is 0 Å². The molecule has 4 nitrogen and oxygen atoms in total. The number of hydrogen-bond acceptors (Lipinski definition) is 2. The SMILES string of the molecule is Cc1ccccc1Cn1cc(NC(=S)N2CCCCCC2)cn1. The van der Waals surface area contributed by atoms with Gasteiger partial charge in [-0.15, -0.1) is 0 Å². The fraction of sp³-hybridized carbons (Fsp3) is 0.444. The Morgan fingerprint density at radius 1 is 1.17 bits per heavy atom. The second kappa shape index (κ2) is 7.59. The van der Waals surface area contributed by atoms with Crippen molar-refractivity contribution in [1.29, 1.82) is 0 Å². The van der Waals surface area contributed by atoms with Crippen LogP contribution < -0.4 is 5.32 Å². The van der Waals surface area contributed by atoms with E-state index in [2.05, 4.69) is 46.5 Å². The van der Waals surface area contributed by atoms with Crippen LogP contribution in [0.2, 0.25) is 0 Å². The van der Waals surface area contributed by atoms with Gasteiger partial charge in [-0.2, -0.15) is 5.10 Å². The topological polar surface area (TPSA) is 33.1 Å². The number of aromatic nitrogens is 2. The molecular weight excluding hydrogens is 304 g/mol. The van der Waals surface area contributed by atoms with Crippen molar-refractivity contribution in [3.8, 4) is 0 Å². The Bertz CT molecular complexity index is 657. The maximum atomic E-state index is 5.55. The molecule has 0 saturated carbocycles. The standard InChI is InChI=1S/C18H24N4S/c1-15-8-4-5-9-16(15)13-22-14-17(12-19-22)20-18(23)21-10-6-2-3-7-11-21/h4-5,8-9,12,14H,2-3,6-7,10-11,13H2,1H3,(H,20,23). The van der Waals surface area contributed by atoms with E-state index in [1.165, 1.54) is 36.8 Å². The summed E-state index contributed by atoms with van der Waals surface area (Å²) in [5.74, 6) is 0. The third-order valence-electron chi connectivity index (χ3n) is 4.37. The fourth-order valence-corrected chi connectivity index (χ4v) is 3.25. The van der Waals surface area contributed by atoms with E-state index in [9.17, 15) is 0 Å². The zero-order valence-electron chi connectivity index (χ0n) is 13.7. The number of rotatable bonds is 3. The average molecular weight is 328 g/mol. The lowest BCUT2D eigenvalue weighted by Crippen LogP contribution is -2.35. The highest BCUT2D eigenvalue weighted by Gasteiger charge is 2.13. The van der Waals surface area contributed by atoms with Crippen LogP contribution in [0.3, 0.4) is 0 Å². The molecule has 0 radical (unpaired) electrons. The second-order valence-electron chi connectivity index (χ2n) is 6.18. The molecule has 0 aliphatic carbocycles. The van der Waals surface area contributed by atoms with Gasteiger partial charge in [-0.05, 0) is 43.1 Å². The lowest BCUT2D eigenvalue weighted by molar-refractivity contribution is 0.441. The smallest absolute Gasteiger partial charge is 0.173 e. The molecule has 2 heterocycles. The Balaban J connectivity index is 1.60. The maximum absolute atomic E-state index is 5.55. The zero-order chi connectivity index (χ0) is 16.1. The van der Waals surface area contributed by atoms with Crippen LogP contribution >= 0.6 is 12.2 Å². The number of nitrogens with one attached hydrogen (secondary N) is 1. The van der Waals surface area contributed by atoms with Gasteiger partial charge in [-0.1, -0.05) is 37.1 Å². The van der Waals surface area contributed by atoms with Gasteiger partial charge in [0.1, 0.15) is 0 Å². The molecule has 0 amide bonds. The number of anilines is 1. The Morgan fingerprint density at radius 3 is 2.65 bits per heavy atom. The van der Waals surface area contributed by atoms with E-state index in [4.69, 9.17) is 12.2 Å². The van der Waals surface area contributed by atoms with Crippen molar-refractivity contribution in [2.45, 2.75) is 39.2 Å². The van der Waals surface area contributed by atoms with E-state index in [1.807, 2.05) is 17.1 Å². The van der Waals surface area contributed by atoms with E-state index in [1.54, 1.807) is 0 Å². The van der Waals surface area contributed by atoms with Crippen LogP contribution in [0, 0.1) is 6.92 Å². The van der Waals surface area contributed by atoms with Gasteiger partial charge in [0.2, 0.25) is 0 Å². The number of likely N-dealkylation sites (tertiary alicyclic amines) is 1. The molecule has 1 aliphatic heterocycles. The van der Waals surface area contributed by atoms with E-state index < -0.39 is 0 Å². The van der Waals surface area contributed by atoms with Crippen molar-refractivity contribution >= 4 is 23.0 Å². The third kappa shape index (κ3) is 4.32. The summed E-state index contributed by atoms with van der Waals surface area (Å²) in [6.45, 7) is 5.03. The lowest BCUT2D eigenvalue weighted by atomic mass is 10.1. The molecule has 1 N–H and O–H groups in total. The second-order valence-corrected chi connectivity index (χ2v) is 6.57. The minimum Gasteiger partial charge on any atom is -0.349 e. The number of benzene rings is 1. The van der Waals surface area contributed by atoms with Gasteiger partial charge in [0.05, 0.1) is 18.4 Å². The molecule has 5 heteroatoms. The highest BCUT2D eigenvalue weighted by atomic mass is 32.1. The number of nitrogens with zero attached hydrogens (tertiary/aromatic N) is 3. The molecule has 0 spiro atoms. The first-order valence-corrected chi connectivity index (χ1v) is 8.76. The minimum atomic E-state index is 0.783. The molecule has 2 aromatic rings. The molecule has 1 fully saturated rings. The number of hydrogen-bond donors (Lipinski definition) is 1. The Kier molecular flexibility index (Phi) is 5.28. The molecule has 23 heavy (non-hydrogen) atoms. The summed E-state index contributed by atoms with van der Waals surface area (Å²) in [6, 6.07) is 8.41. The molecule has 0 unspecified atom stereocenters. The highest BCUT2D eigenvalue weighted by Crippen LogP contribution is 2.14. The van der Waals surface area contributed by atoms with Crippen LogP contribution in [0.4, 0.5) is 5.69 Å². The molecule has 1 saturated heterocycles. The largest absolute Gasteiger partial charge is 0.349 e. The van der Waals surface area contributed by atoms with Gasteiger partial charge in [0, 0.05) is 19.3 Å². The van der Waals surface area contributed by atoms with E-state index in [0.29, 0.717) is 0 Å². The lowest BCUT2D eigenvalue weighted by Gasteiger charge is -2.23. The van der Waals surface area contributed by atoms with Crippen molar-refractivity contribution < 1.29 is 0 Å². The van der Waals surface area contributed by atoms with E-state index >= 15 is 0 Å². The van der Waals surface area contributed by atoms with Crippen LogP contribution in [0.25, 0.3) is 0 Å². The summed E-state index contributed by atoms with van der Waals surface area (Å²) in [5.41, 5.74) is 3.54. The van der Waals surface area contributed by atoms with Crippen LogP contribution in [0.5, 0.6) is 0 Å². The average Bonchev–Trinajstić information content (AvgIpc) is 2.81. The first-order chi connectivity index (χ1) is 11.2. The Hall–Kier alpha value is -1.88. The molecule has 1 aliphatic rings. The molecule has 3 rings (SSSR count). The zero-order valence-corrected chi connectivity index (χ0v) is 14.5. The van der Waals surface area contributed by atoms with Crippen LogP contribution in [-0.2, 0) is 6.54 Å². The Morgan fingerprint density at radius 2 is 1.91 bits per heavy atom. The molecule has 0 atom stereocenters. The van der Waals surface area contributed by atoms with E-state index in [0.717, 1.165) is 30.4 Å². The van der Waals surface area contributed by atoms with Crippen molar-refractivity contribution in [3.05, 3.63) is 47.8 Å². The van der Waals surface area contributed by atoms with Crippen molar-refractivity contribution in [1.82, 2.24) is 14.7 Å². The number of aryl methyl sites for hydroxylation is 1. The third-order valence-corrected chi connectivity index (χ3v) is 4.73. The van der Waals surface area contributed by atoms with Crippen LogP contribution in [-0.4, -0.2) is 32.9 Å². The van der Waals surface area contributed by atoms with Gasteiger partial charge >= 0.3 is 0 Å².